The predicted molar refractivity (Wildman–Crippen MR) is 80.2 cm³/mol. The first kappa shape index (κ1) is 19.4. The quantitative estimate of drug-likeness (QED) is 0.386. The fourth-order valence-corrected chi connectivity index (χ4v) is 3.07. The molecule has 4 heteroatoms. The van der Waals surface area contributed by atoms with Gasteiger partial charge in [0.25, 0.3) is 0 Å². The Labute approximate surface area is 154 Å². The van der Waals surface area contributed by atoms with E-state index in [2.05, 4.69) is 6.92 Å². The van der Waals surface area contributed by atoms with Gasteiger partial charge in [-0.25, -0.2) is 0 Å². The molecule has 22 heavy (non-hydrogen) atoms. The molecule has 1 aromatic carbocycles. The number of aryl methyl sites for hydroxylation is 1. The summed E-state index contributed by atoms with van der Waals surface area (Å²) in [6.45, 7) is 2.18. The van der Waals surface area contributed by atoms with Gasteiger partial charge in [-0.05, 0) is 36.5 Å². The van der Waals surface area contributed by atoms with Crippen LogP contribution in [0.25, 0.3) is 0 Å². The smallest absolute Gasteiger partial charge is 0.549 e. The van der Waals surface area contributed by atoms with Gasteiger partial charge in [0.2, 0.25) is 0 Å². The van der Waals surface area contributed by atoms with Crippen LogP contribution in [0.3, 0.4) is 0 Å². The number of fused-ring (bicyclic) bond motifs is 1. The van der Waals surface area contributed by atoms with E-state index < -0.39 is 11.9 Å². The molecule has 0 aromatic heterocycles. The van der Waals surface area contributed by atoms with Crippen LogP contribution in [0.1, 0.15) is 79.3 Å². The molecule has 0 N–H and O–H groups in total. The summed E-state index contributed by atoms with van der Waals surface area (Å²) in [5, 5.41) is 11.0. The summed E-state index contributed by atoms with van der Waals surface area (Å²) in [7, 11) is 0. The second-order valence-corrected chi connectivity index (χ2v) is 5.91. The van der Waals surface area contributed by atoms with Gasteiger partial charge in [-0.3, -0.25) is 4.79 Å². The van der Waals surface area contributed by atoms with E-state index >= 15 is 0 Å². The molecule has 0 amide bonds. The summed E-state index contributed by atoms with van der Waals surface area (Å²) in [6.07, 6.45) is 7.59. The standard InChI is InChI=1S/C18H24O3.Na/c1-2-3-4-5-6-7-17(19)14-9-10-15-13(12-14)8-11-16(15)18(20)21;/h9-10,12,16H,2-8,11H2,1H3,(H,20,21);/q;+1/p-1. The van der Waals surface area contributed by atoms with Crippen molar-refractivity contribution in [2.75, 3.05) is 0 Å². The number of Topliss-reactive ketones (excluding diaryl/α,β-unsaturated/α-hetero) is 1. The van der Waals surface area contributed by atoms with E-state index in [1.807, 2.05) is 6.07 Å². The molecule has 1 aliphatic rings. The summed E-state index contributed by atoms with van der Waals surface area (Å²) < 4.78 is 0. The Morgan fingerprint density at radius 2 is 1.91 bits per heavy atom. The molecule has 1 atom stereocenters. The predicted octanol–water partition coefficient (Wildman–Crippen LogP) is 0.0135. The molecule has 1 aliphatic carbocycles. The van der Waals surface area contributed by atoms with Crippen molar-refractivity contribution in [3.63, 3.8) is 0 Å². The van der Waals surface area contributed by atoms with Crippen LogP contribution in [0.5, 0.6) is 0 Å². The van der Waals surface area contributed by atoms with Gasteiger partial charge in [0, 0.05) is 23.9 Å². The minimum Gasteiger partial charge on any atom is -0.549 e. The topological polar surface area (TPSA) is 57.2 Å². The van der Waals surface area contributed by atoms with Gasteiger partial charge < -0.3 is 9.90 Å². The number of carbonyl (C=O) groups is 2. The number of unbranched alkanes of at least 4 members (excludes halogenated alkanes) is 4. The first-order valence-electron chi connectivity index (χ1n) is 8.00. The van der Waals surface area contributed by atoms with Gasteiger partial charge in [0.05, 0.1) is 0 Å². The van der Waals surface area contributed by atoms with Crippen molar-refractivity contribution in [3.8, 4) is 0 Å². The van der Waals surface area contributed by atoms with Crippen molar-refractivity contribution in [2.45, 2.75) is 64.2 Å². The molecule has 0 heterocycles. The Kier molecular flexibility index (Phi) is 8.37. The van der Waals surface area contributed by atoms with Crippen molar-refractivity contribution in [1.29, 1.82) is 0 Å². The maximum atomic E-state index is 12.2. The van der Waals surface area contributed by atoms with Crippen molar-refractivity contribution < 1.29 is 44.3 Å². The van der Waals surface area contributed by atoms with Crippen molar-refractivity contribution in [1.82, 2.24) is 0 Å². The zero-order valence-corrected chi connectivity index (χ0v) is 15.7. The van der Waals surface area contributed by atoms with E-state index in [0.717, 1.165) is 36.0 Å². The molecule has 0 bridgehead atoms. The van der Waals surface area contributed by atoms with Crippen molar-refractivity contribution in [3.05, 3.63) is 34.9 Å². The third kappa shape index (κ3) is 4.94. The van der Waals surface area contributed by atoms with Gasteiger partial charge in [0.1, 0.15) is 0 Å². The molecule has 3 nitrogen and oxygen atoms in total. The largest absolute Gasteiger partial charge is 1.00 e. The van der Waals surface area contributed by atoms with Gasteiger partial charge >= 0.3 is 29.6 Å². The summed E-state index contributed by atoms with van der Waals surface area (Å²) in [4.78, 5) is 23.2. The minimum atomic E-state index is -1.01. The number of carboxylic acids is 1. The van der Waals surface area contributed by atoms with E-state index in [1.165, 1.54) is 19.3 Å². The van der Waals surface area contributed by atoms with Crippen LogP contribution in [0.15, 0.2) is 18.2 Å². The second-order valence-electron chi connectivity index (χ2n) is 5.91. The Balaban J connectivity index is 0.00000242. The first-order valence-corrected chi connectivity index (χ1v) is 8.00. The van der Waals surface area contributed by atoms with Gasteiger partial charge in [-0.2, -0.15) is 0 Å². The van der Waals surface area contributed by atoms with E-state index in [0.29, 0.717) is 12.8 Å². The number of rotatable bonds is 8. The molecule has 0 saturated heterocycles. The van der Waals surface area contributed by atoms with Crippen molar-refractivity contribution in [2.24, 2.45) is 0 Å². The number of ketones is 1. The molecular formula is C18H23NaO3. The number of benzene rings is 1. The maximum Gasteiger partial charge on any atom is 1.00 e. The molecule has 0 saturated carbocycles. The number of carbonyl (C=O) groups excluding carboxylic acids is 2. The molecule has 0 aliphatic heterocycles. The maximum absolute atomic E-state index is 12.2. The summed E-state index contributed by atoms with van der Waals surface area (Å²) >= 11 is 0. The number of aliphatic carboxylic acids is 1. The SMILES string of the molecule is CCCCCCCC(=O)c1ccc2c(c1)CCC2C(=O)[O-].[Na+]. The third-order valence-electron chi connectivity index (χ3n) is 4.33. The minimum absolute atomic E-state index is 0. The Hall–Kier alpha value is -0.640. The van der Waals surface area contributed by atoms with E-state index in [9.17, 15) is 14.7 Å². The van der Waals surface area contributed by atoms with Gasteiger partial charge in [0.15, 0.2) is 5.78 Å². The fourth-order valence-electron chi connectivity index (χ4n) is 3.07. The normalized spacial score (nSPS) is 16.0. The summed E-state index contributed by atoms with van der Waals surface area (Å²) in [5.41, 5.74) is 2.55. The monoisotopic (exact) mass is 310 g/mol. The number of hydrogen-bond acceptors (Lipinski definition) is 3. The zero-order chi connectivity index (χ0) is 15.2. The van der Waals surface area contributed by atoms with E-state index in [1.54, 1.807) is 12.1 Å². The third-order valence-corrected chi connectivity index (χ3v) is 4.33. The van der Waals surface area contributed by atoms with Gasteiger partial charge in [-0.15, -0.1) is 0 Å². The second kappa shape index (κ2) is 9.49. The zero-order valence-electron chi connectivity index (χ0n) is 13.7. The van der Waals surface area contributed by atoms with Crippen LogP contribution in [0.4, 0.5) is 0 Å². The first-order chi connectivity index (χ1) is 10.1. The molecule has 0 fully saturated rings. The van der Waals surface area contributed by atoms with Crippen molar-refractivity contribution >= 4 is 11.8 Å². The van der Waals surface area contributed by atoms with Crippen LogP contribution in [-0.2, 0) is 11.2 Å². The van der Waals surface area contributed by atoms with E-state index in [-0.39, 0.29) is 35.3 Å². The number of carboxylic acid groups (broad SMARTS) is 1. The van der Waals surface area contributed by atoms with Crippen LogP contribution in [0.2, 0.25) is 0 Å². The Morgan fingerprint density at radius 1 is 1.18 bits per heavy atom. The average Bonchev–Trinajstić information content (AvgIpc) is 2.90. The van der Waals surface area contributed by atoms with Crippen LogP contribution < -0.4 is 34.7 Å². The Morgan fingerprint density at radius 3 is 2.59 bits per heavy atom. The molecule has 0 spiro atoms. The summed E-state index contributed by atoms with van der Waals surface area (Å²) in [6, 6.07) is 5.45. The average molecular weight is 310 g/mol. The van der Waals surface area contributed by atoms with Crippen LogP contribution >= 0.6 is 0 Å². The molecule has 1 unspecified atom stereocenters. The molecule has 114 valence electrons. The molecule has 1 aromatic rings. The van der Waals surface area contributed by atoms with Crippen LogP contribution in [-0.4, -0.2) is 11.8 Å². The summed E-state index contributed by atoms with van der Waals surface area (Å²) in [5.74, 6) is -1.34. The van der Waals surface area contributed by atoms with Gasteiger partial charge in [-0.1, -0.05) is 44.7 Å². The Bertz CT molecular complexity index is 525. The molecule has 0 radical (unpaired) electrons. The fraction of sp³-hybridized carbons (Fsp3) is 0.556. The molecular weight excluding hydrogens is 287 g/mol. The number of hydrogen-bond donors (Lipinski definition) is 0. The van der Waals surface area contributed by atoms with E-state index in [4.69, 9.17) is 0 Å². The molecule has 2 rings (SSSR count). The van der Waals surface area contributed by atoms with Crippen LogP contribution in [0, 0.1) is 0 Å².